The number of aliphatic hydroxyl groups is 1. The lowest BCUT2D eigenvalue weighted by molar-refractivity contribution is -0.147. The van der Waals surface area contributed by atoms with Crippen molar-refractivity contribution in [1.82, 2.24) is 0 Å². The van der Waals surface area contributed by atoms with Crippen LogP contribution in [0.1, 0.15) is 87.0 Å². The molecule has 0 heterocycles. The van der Waals surface area contributed by atoms with E-state index in [0.29, 0.717) is 24.0 Å². The van der Waals surface area contributed by atoms with Crippen LogP contribution in [0.5, 0.6) is 0 Å². The number of carboxylic acids is 1. The molecule has 2 N–H and O–H groups in total. The van der Waals surface area contributed by atoms with E-state index >= 15 is 0 Å². The highest BCUT2D eigenvalue weighted by Crippen LogP contribution is 2.69. The topological polar surface area (TPSA) is 126 Å². The molecule has 2 saturated carbocycles. The van der Waals surface area contributed by atoms with Crippen LogP contribution < -0.4 is 0 Å². The molecule has 4 aliphatic rings. The average molecular weight is 513 g/mol. The van der Waals surface area contributed by atoms with E-state index in [1.165, 1.54) is 13.0 Å². The maximum Gasteiger partial charge on any atom is 0.331 e. The molecule has 0 aromatic rings. The lowest BCUT2D eigenvalue weighted by Crippen LogP contribution is -2.59. The molecule has 0 spiro atoms. The largest absolute Gasteiger partial charge is 0.478 e. The SMILES string of the molecule is C/C(=C\[C@@H](O)C[C@@H](C)[C@H]1CC(=O)[C@@]2(C)C3=C(C(=O)C[C@]12C)[C@@]1(C)CCC(=O)C(C)(C)C1CC3=O)C(=O)O. The summed E-state index contributed by atoms with van der Waals surface area (Å²) in [5.41, 5.74) is -2.38. The van der Waals surface area contributed by atoms with Gasteiger partial charge < -0.3 is 10.2 Å². The van der Waals surface area contributed by atoms with Crippen molar-refractivity contribution < 1.29 is 34.2 Å². The highest BCUT2D eigenvalue weighted by molar-refractivity contribution is 6.16. The number of hydrogen-bond acceptors (Lipinski definition) is 6. The van der Waals surface area contributed by atoms with Gasteiger partial charge in [0.15, 0.2) is 11.6 Å². The third-order valence-corrected chi connectivity index (χ3v) is 11.0. The lowest BCUT2D eigenvalue weighted by atomic mass is 9.43. The van der Waals surface area contributed by atoms with E-state index in [-0.39, 0.29) is 72.1 Å². The molecule has 2 fully saturated rings. The van der Waals surface area contributed by atoms with Crippen LogP contribution in [-0.2, 0) is 24.0 Å². The Kier molecular flexibility index (Phi) is 6.38. The molecule has 7 heteroatoms. The second-order valence-electron chi connectivity index (χ2n) is 13.3. The molecule has 1 unspecified atom stereocenters. The molecule has 0 radical (unpaired) electrons. The van der Waals surface area contributed by atoms with Gasteiger partial charge in [-0.3, -0.25) is 19.2 Å². The van der Waals surface area contributed by atoms with Gasteiger partial charge in [-0.1, -0.05) is 34.6 Å². The quantitative estimate of drug-likeness (QED) is 0.527. The molecule has 7 atom stereocenters. The van der Waals surface area contributed by atoms with Gasteiger partial charge in [0, 0.05) is 53.2 Å². The standard InChI is InChI=1S/C30H40O7/c1-15(10-17(31)11-16(2)26(36)37)18-12-23(35)30(7)25-19(32)13-21-27(3,4)22(34)8-9-28(21,5)24(25)20(33)14-29(18,30)6/h11,15,17-18,21,31H,8-10,12-14H2,1-7H3,(H,36,37)/b16-11+/t15-,17+,18-,21?,28+,29-,30+/m1/s1. The number of fused-ring (bicyclic) bond motifs is 4. The van der Waals surface area contributed by atoms with Crippen molar-refractivity contribution >= 4 is 29.1 Å². The van der Waals surface area contributed by atoms with Crippen LogP contribution in [0.4, 0.5) is 0 Å². The first-order valence-corrected chi connectivity index (χ1v) is 13.4. The van der Waals surface area contributed by atoms with E-state index in [4.69, 9.17) is 5.11 Å². The van der Waals surface area contributed by atoms with Crippen LogP contribution in [0.25, 0.3) is 0 Å². The fourth-order valence-corrected chi connectivity index (χ4v) is 8.61. The average Bonchev–Trinajstić information content (AvgIpc) is 2.99. The Morgan fingerprint density at radius 3 is 2.22 bits per heavy atom. The summed E-state index contributed by atoms with van der Waals surface area (Å²) in [6, 6.07) is 0. The van der Waals surface area contributed by atoms with Gasteiger partial charge in [-0.05, 0) is 55.9 Å². The summed E-state index contributed by atoms with van der Waals surface area (Å²) in [7, 11) is 0. The normalized spacial score (nSPS) is 39.2. The number of rotatable bonds is 5. The van der Waals surface area contributed by atoms with E-state index in [0.717, 1.165) is 0 Å². The second kappa shape index (κ2) is 8.55. The first-order chi connectivity index (χ1) is 16.9. The minimum absolute atomic E-state index is 0.0466. The van der Waals surface area contributed by atoms with Crippen LogP contribution in [0.15, 0.2) is 22.8 Å². The van der Waals surface area contributed by atoms with Gasteiger partial charge in [0.2, 0.25) is 0 Å². The van der Waals surface area contributed by atoms with Gasteiger partial charge >= 0.3 is 5.97 Å². The van der Waals surface area contributed by atoms with Crippen molar-refractivity contribution in [3.05, 3.63) is 22.8 Å². The minimum Gasteiger partial charge on any atom is -0.478 e. The van der Waals surface area contributed by atoms with Gasteiger partial charge in [0.1, 0.15) is 11.6 Å². The summed E-state index contributed by atoms with van der Waals surface area (Å²) in [4.78, 5) is 65.7. The predicted octanol–water partition coefficient (Wildman–Crippen LogP) is 4.26. The first kappa shape index (κ1) is 27.6. The van der Waals surface area contributed by atoms with Gasteiger partial charge in [-0.25, -0.2) is 4.79 Å². The Balaban J connectivity index is 1.78. The van der Waals surface area contributed by atoms with E-state index in [1.54, 1.807) is 0 Å². The Morgan fingerprint density at radius 2 is 1.62 bits per heavy atom. The van der Waals surface area contributed by atoms with Crippen molar-refractivity contribution in [2.45, 2.75) is 93.1 Å². The number of ketones is 4. The van der Waals surface area contributed by atoms with Crippen LogP contribution in [0.3, 0.4) is 0 Å². The molecule has 0 aromatic heterocycles. The zero-order valence-corrected chi connectivity index (χ0v) is 23.1. The number of Topliss-reactive ketones (excluding diaryl/α,β-unsaturated/α-hetero) is 4. The number of aliphatic hydroxyl groups excluding tert-OH is 1. The molecule has 7 nitrogen and oxygen atoms in total. The van der Waals surface area contributed by atoms with Crippen LogP contribution in [0, 0.1) is 39.4 Å². The lowest BCUT2D eigenvalue weighted by Gasteiger charge is -2.58. The molecule has 202 valence electrons. The summed E-state index contributed by atoms with van der Waals surface area (Å²) < 4.78 is 0. The molecule has 0 aromatic carbocycles. The van der Waals surface area contributed by atoms with Gasteiger partial charge in [0.25, 0.3) is 0 Å². The smallest absolute Gasteiger partial charge is 0.331 e. The Morgan fingerprint density at radius 1 is 1.00 bits per heavy atom. The van der Waals surface area contributed by atoms with Gasteiger partial charge in [-0.2, -0.15) is 0 Å². The van der Waals surface area contributed by atoms with Gasteiger partial charge in [0.05, 0.1) is 11.5 Å². The molecule has 0 amide bonds. The van der Waals surface area contributed by atoms with E-state index in [9.17, 15) is 29.1 Å². The third kappa shape index (κ3) is 3.67. The van der Waals surface area contributed by atoms with Crippen LogP contribution in [0.2, 0.25) is 0 Å². The Labute approximate surface area is 218 Å². The summed E-state index contributed by atoms with van der Waals surface area (Å²) in [6.07, 6.45) is 1.89. The predicted molar refractivity (Wildman–Crippen MR) is 136 cm³/mol. The molecular formula is C30H40O7. The zero-order valence-electron chi connectivity index (χ0n) is 23.1. The summed E-state index contributed by atoms with van der Waals surface area (Å²) in [5.74, 6) is -2.06. The zero-order chi connectivity index (χ0) is 27.9. The number of carbonyl (C=O) groups excluding carboxylic acids is 4. The van der Waals surface area contributed by atoms with Crippen LogP contribution >= 0.6 is 0 Å². The number of carboxylic acid groups (broad SMARTS) is 1. The summed E-state index contributed by atoms with van der Waals surface area (Å²) >= 11 is 0. The highest BCUT2D eigenvalue weighted by atomic mass is 16.4. The molecule has 37 heavy (non-hydrogen) atoms. The first-order valence-electron chi connectivity index (χ1n) is 13.4. The molecular weight excluding hydrogens is 472 g/mol. The third-order valence-electron chi connectivity index (χ3n) is 11.0. The van der Waals surface area contributed by atoms with Crippen LogP contribution in [-0.4, -0.2) is 45.4 Å². The fraction of sp³-hybridized carbons (Fsp3) is 0.700. The summed E-state index contributed by atoms with van der Waals surface area (Å²) in [5, 5.41) is 19.7. The monoisotopic (exact) mass is 512 g/mol. The number of allylic oxidation sites excluding steroid dienone is 2. The molecule has 4 aliphatic carbocycles. The molecule has 4 rings (SSSR count). The summed E-state index contributed by atoms with van der Waals surface area (Å²) in [6.45, 7) is 12.9. The van der Waals surface area contributed by atoms with Crippen molar-refractivity contribution in [3.63, 3.8) is 0 Å². The fourth-order valence-electron chi connectivity index (χ4n) is 8.61. The number of hydrogen-bond donors (Lipinski definition) is 2. The number of carbonyl (C=O) groups is 5. The van der Waals surface area contributed by atoms with Crippen molar-refractivity contribution in [2.75, 3.05) is 0 Å². The second-order valence-corrected chi connectivity index (χ2v) is 13.3. The van der Waals surface area contributed by atoms with Gasteiger partial charge in [-0.15, -0.1) is 0 Å². The van der Waals surface area contributed by atoms with Crippen molar-refractivity contribution in [3.8, 4) is 0 Å². The van der Waals surface area contributed by atoms with E-state index in [1.807, 2.05) is 41.5 Å². The minimum atomic E-state index is -1.12. The Hall–Kier alpha value is -2.41. The Bertz CT molecular complexity index is 1170. The molecule has 0 saturated heterocycles. The van der Waals surface area contributed by atoms with Crippen molar-refractivity contribution in [2.24, 2.45) is 39.4 Å². The number of aliphatic carboxylic acids is 1. The molecule has 0 bridgehead atoms. The van der Waals surface area contributed by atoms with Crippen molar-refractivity contribution in [1.29, 1.82) is 0 Å². The van der Waals surface area contributed by atoms with E-state index < -0.39 is 33.7 Å². The highest BCUT2D eigenvalue weighted by Gasteiger charge is 2.70. The molecule has 0 aliphatic heterocycles. The maximum atomic E-state index is 14.0. The maximum absolute atomic E-state index is 14.0. The van der Waals surface area contributed by atoms with E-state index in [2.05, 4.69) is 0 Å².